The van der Waals surface area contributed by atoms with E-state index in [0.29, 0.717) is 30.0 Å². The molecule has 1 atom stereocenters. The van der Waals surface area contributed by atoms with Gasteiger partial charge in [-0.25, -0.2) is 4.79 Å². The van der Waals surface area contributed by atoms with Crippen LogP contribution in [0.15, 0.2) is 66.7 Å². The van der Waals surface area contributed by atoms with Crippen molar-refractivity contribution in [2.24, 2.45) is 5.92 Å². The van der Waals surface area contributed by atoms with E-state index in [0.717, 1.165) is 35.3 Å². The lowest BCUT2D eigenvalue weighted by atomic mass is 10.00. The Bertz CT molecular complexity index is 1280. The van der Waals surface area contributed by atoms with Crippen LogP contribution in [0.5, 0.6) is 5.75 Å². The van der Waals surface area contributed by atoms with Crippen molar-refractivity contribution in [1.82, 2.24) is 4.90 Å². The Morgan fingerprint density at radius 1 is 1.00 bits per heavy atom. The van der Waals surface area contributed by atoms with E-state index in [9.17, 15) is 19.5 Å². The quantitative estimate of drug-likeness (QED) is 0.341. The number of benzene rings is 3. The first-order valence-corrected chi connectivity index (χ1v) is 12.6. The molecule has 4 rings (SSSR count). The summed E-state index contributed by atoms with van der Waals surface area (Å²) in [5.74, 6) is -0.925. The maximum absolute atomic E-state index is 13.0. The molecule has 1 aliphatic rings. The lowest BCUT2D eigenvalue weighted by Gasteiger charge is -2.27. The van der Waals surface area contributed by atoms with Gasteiger partial charge in [-0.3, -0.25) is 9.59 Å². The van der Waals surface area contributed by atoms with Crippen LogP contribution in [0.1, 0.15) is 59.9 Å². The molecule has 0 aromatic heterocycles. The van der Waals surface area contributed by atoms with Crippen molar-refractivity contribution in [2.75, 3.05) is 11.9 Å². The van der Waals surface area contributed by atoms with Crippen LogP contribution in [0, 0.1) is 5.92 Å². The number of carboxylic acids is 1. The zero-order chi connectivity index (χ0) is 26.5. The number of rotatable bonds is 10. The van der Waals surface area contributed by atoms with Crippen LogP contribution in [-0.4, -0.2) is 40.4 Å². The van der Waals surface area contributed by atoms with Crippen LogP contribution in [0.3, 0.4) is 0 Å². The molecular formula is C30H32N2O5. The van der Waals surface area contributed by atoms with E-state index in [-0.39, 0.29) is 17.7 Å². The number of carbonyl (C=O) groups excluding carboxylic acids is 2. The minimum absolute atomic E-state index is 0.199. The fraction of sp³-hybridized carbons (Fsp3) is 0.300. The fourth-order valence-corrected chi connectivity index (χ4v) is 4.49. The Balaban J connectivity index is 1.43. The summed E-state index contributed by atoms with van der Waals surface area (Å²) in [5, 5.41) is 12.5. The van der Waals surface area contributed by atoms with Crippen LogP contribution in [-0.2, 0) is 11.3 Å². The molecule has 192 valence electrons. The molecule has 1 aliphatic heterocycles. The lowest BCUT2D eigenvalue weighted by Crippen LogP contribution is -2.44. The van der Waals surface area contributed by atoms with Crippen LogP contribution in [0.2, 0.25) is 0 Å². The number of hydrogen-bond acceptors (Lipinski definition) is 4. The Labute approximate surface area is 217 Å². The SMILES string of the molecule is CCCCOc1ccc(C(=O)Nc2ccc(-c3ccc4c(c3)C(=O)N(C(C(=O)O)C(C)C)C4)cc2)cc1. The third kappa shape index (κ3) is 5.82. The summed E-state index contributed by atoms with van der Waals surface area (Å²) in [6.07, 6.45) is 2.05. The Morgan fingerprint density at radius 3 is 2.30 bits per heavy atom. The summed E-state index contributed by atoms with van der Waals surface area (Å²) in [6.45, 7) is 6.67. The molecule has 0 radical (unpaired) electrons. The van der Waals surface area contributed by atoms with E-state index in [1.54, 1.807) is 38.1 Å². The van der Waals surface area contributed by atoms with Crippen molar-refractivity contribution in [1.29, 1.82) is 0 Å². The normalized spacial score (nSPS) is 13.4. The van der Waals surface area contributed by atoms with Gasteiger partial charge in [0.25, 0.3) is 11.8 Å². The Morgan fingerprint density at radius 2 is 1.68 bits per heavy atom. The van der Waals surface area contributed by atoms with Crippen molar-refractivity contribution in [3.8, 4) is 16.9 Å². The topological polar surface area (TPSA) is 95.9 Å². The van der Waals surface area contributed by atoms with Crippen molar-refractivity contribution < 1.29 is 24.2 Å². The fourth-order valence-electron chi connectivity index (χ4n) is 4.49. The monoisotopic (exact) mass is 500 g/mol. The maximum atomic E-state index is 13.0. The first-order chi connectivity index (χ1) is 17.8. The number of ether oxygens (including phenoxy) is 1. The highest BCUT2D eigenvalue weighted by molar-refractivity contribution is 6.04. The largest absolute Gasteiger partial charge is 0.494 e. The first-order valence-electron chi connectivity index (χ1n) is 12.6. The molecular weight excluding hydrogens is 468 g/mol. The van der Waals surface area contributed by atoms with Gasteiger partial charge in [0.2, 0.25) is 0 Å². The summed E-state index contributed by atoms with van der Waals surface area (Å²) < 4.78 is 5.65. The predicted molar refractivity (Wildman–Crippen MR) is 143 cm³/mol. The van der Waals surface area contributed by atoms with Gasteiger partial charge in [-0.1, -0.05) is 51.5 Å². The molecule has 1 heterocycles. The third-order valence-electron chi connectivity index (χ3n) is 6.52. The number of amides is 2. The molecule has 2 amide bonds. The van der Waals surface area contributed by atoms with Crippen molar-refractivity contribution in [2.45, 2.75) is 46.2 Å². The molecule has 1 unspecified atom stereocenters. The van der Waals surface area contributed by atoms with Gasteiger partial charge in [-0.2, -0.15) is 0 Å². The van der Waals surface area contributed by atoms with Gasteiger partial charge in [-0.15, -0.1) is 0 Å². The highest BCUT2D eigenvalue weighted by atomic mass is 16.5. The number of unbranched alkanes of at least 4 members (excludes halogenated alkanes) is 1. The summed E-state index contributed by atoms with van der Waals surface area (Å²) in [6, 6.07) is 19.2. The Kier molecular flexibility index (Phi) is 7.92. The molecule has 0 saturated heterocycles. The molecule has 0 saturated carbocycles. The number of carbonyl (C=O) groups is 3. The van der Waals surface area contributed by atoms with Gasteiger partial charge >= 0.3 is 5.97 Å². The zero-order valence-corrected chi connectivity index (χ0v) is 21.4. The number of aliphatic carboxylic acids is 1. The molecule has 3 aromatic carbocycles. The molecule has 0 aliphatic carbocycles. The molecule has 37 heavy (non-hydrogen) atoms. The molecule has 0 spiro atoms. The van der Waals surface area contributed by atoms with E-state index in [2.05, 4.69) is 12.2 Å². The van der Waals surface area contributed by atoms with Crippen LogP contribution < -0.4 is 10.1 Å². The smallest absolute Gasteiger partial charge is 0.326 e. The second kappa shape index (κ2) is 11.3. The van der Waals surface area contributed by atoms with Gasteiger partial charge in [-0.05, 0) is 71.5 Å². The first kappa shape index (κ1) is 25.9. The van der Waals surface area contributed by atoms with E-state index in [4.69, 9.17) is 4.74 Å². The van der Waals surface area contributed by atoms with Gasteiger partial charge in [0, 0.05) is 23.4 Å². The van der Waals surface area contributed by atoms with Crippen LogP contribution >= 0.6 is 0 Å². The highest BCUT2D eigenvalue weighted by Crippen LogP contribution is 2.31. The van der Waals surface area contributed by atoms with Crippen molar-refractivity contribution >= 4 is 23.5 Å². The summed E-state index contributed by atoms with van der Waals surface area (Å²) in [5.41, 5.74) is 4.28. The van der Waals surface area contributed by atoms with Crippen LogP contribution in [0.4, 0.5) is 5.69 Å². The van der Waals surface area contributed by atoms with Gasteiger partial charge in [0.15, 0.2) is 0 Å². The number of carboxylic acid groups (broad SMARTS) is 1. The Hall–Kier alpha value is -4.13. The lowest BCUT2D eigenvalue weighted by molar-refractivity contribution is -0.144. The minimum atomic E-state index is -0.995. The summed E-state index contributed by atoms with van der Waals surface area (Å²) in [7, 11) is 0. The van der Waals surface area contributed by atoms with E-state index in [1.165, 1.54) is 4.90 Å². The number of nitrogens with one attached hydrogen (secondary N) is 1. The minimum Gasteiger partial charge on any atom is -0.494 e. The second-order valence-electron chi connectivity index (χ2n) is 9.59. The maximum Gasteiger partial charge on any atom is 0.326 e. The zero-order valence-electron chi connectivity index (χ0n) is 21.4. The predicted octanol–water partition coefficient (Wildman–Crippen LogP) is 5.85. The molecule has 7 heteroatoms. The molecule has 7 nitrogen and oxygen atoms in total. The molecule has 3 aromatic rings. The van der Waals surface area contributed by atoms with Gasteiger partial charge < -0.3 is 20.1 Å². The number of anilines is 1. The van der Waals surface area contributed by atoms with Crippen molar-refractivity contribution in [3.63, 3.8) is 0 Å². The van der Waals surface area contributed by atoms with E-state index in [1.807, 2.05) is 42.5 Å². The average Bonchev–Trinajstić information content (AvgIpc) is 3.19. The summed E-state index contributed by atoms with van der Waals surface area (Å²) in [4.78, 5) is 38.9. The third-order valence-corrected chi connectivity index (χ3v) is 6.52. The molecule has 2 N–H and O–H groups in total. The second-order valence-corrected chi connectivity index (χ2v) is 9.59. The molecule has 0 fully saturated rings. The number of hydrogen-bond donors (Lipinski definition) is 2. The number of nitrogens with zero attached hydrogens (tertiary/aromatic N) is 1. The number of fused-ring (bicyclic) bond motifs is 1. The van der Waals surface area contributed by atoms with E-state index >= 15 is 0 Å². The van der Waals surface area contributed by atoms with Gasteiger partial charge in [0.05, 0.1) is 6.61 Å². The highest BCUT2D eigenvalue weighted by Gasteiger charge is 2.38. The standard InChI is InChI=1S/C30H32N2O5/c1-4-5-16-37-25-14-10-21(11-15-25)28(33)31-24-12-8-20(9-13-24)22-6-7-23-18-32(29(34)26(23)17-22)27(19(2)3)30(35)36/h6-15,17,19,27H,4-5,16,18H2,1-3H3,(H,31,33)(H,35,36). The molecule has 0 bridgehead atoms. The van der Waals surface area contributed by atoms with Crippen LogP contribution in [0.25, 0.3) is 11.1 Å². The summed E-state index contributed by atoms with van der Waals surface area (Å²) >= 11 is 0. The van der Waals surface area contributed by atoms with E-state index < -0.39 is 12.0 Å². The van der Waals surface area contributed by atoms with Crippen molar-refractivity contribution in [3.05, 3.63) is 83.4 Å². The average molecular weight is 501 g/mol. The van der Waals surface area contributed by atoms with Gasteiger partial charge in [0.1, 0.15) is 11.8 Å².